The quantitative estimate of drug-likeness (QED) is 0.780. The molecule has 0 atom stereocenters. The van der Waals surface area contributed by atoms with Gasteiger partial charge in [-0.05, 0) is 63.5 Å². The molecule has 1 aliphatic rings. The van der Waals surface area contributed by atoms with Gasteiger partial charge in [0.1, 0.15) is 0 Å². The van der Waals surface area contributed by atoms with E-state index in [0.29, 0.717) is 0 Å². The molecule has 1 aromatic rings. The summed E-state index contributed by atoms with van der Waals surface area (Å²) in [6.07, 6.45) is 2.66. The Morgan fingerprint density at radius 1 is 1.40 bits per heavy atom. The number of nitrogens with one attached hydrogen (secondary N) is 1. The zero-order valence-electron chi connectivity index (χ0n) is 13.2. The molecule has 20 heavy (non-hydrogen) atoms. The largest absolute Gasteiger partial charge is 0.311 e. The first-order chi connectivity index (χ1) is 9.70. The lowest BCUT2D eigenvalue weighted by atomic mass is 10.0. The van der Waals surface area contributed by atoms with Crippen molar-refractivity contribution in [3.05, 3.63) is 21.9 Å². The highest BCUT2D eigenvalue weighted by Gasteiger charge is 2.20. The molecule has 0 saturated carbocycles. The zero-order chi connectivity index (χ0) is 14.4. The third-order valence-corrected chi connectivity index (χ3v) is 5.55. The van der Waals surface area contributed by atoms with E-state index in [-0.39, 0.29) is 0 Å². The summed E-state index contributed by atoms with van der Waals surface area (Å²) in [5.41, 5.74) is 1.42. The second-order valence-corrected chi connectivity index (χ2v) is 6.85. The van der Waals surface area contributed by atoms with Crippen LogP contribution in [0, 0.1) is 6.92 Å². The van der Waals surface area contributed by atoms with Crippen LogP contribution in [0.3, 0.4) is 0 Å². The van der Waals surface area contributed by atoms with Gasteiger partial charge in [-0.25, -0.2) is 0 Å². The number of likely N-dealkylation sites (tertiary alicyclic amines) is 1. The van der Waals surface area contributed by atoms with Crippen LogP contribution in [-0.2, 0) is 6.54 Å². The van der Waals surface area contributed by atoms with Crippen molar-refractivity contribution in [3.8, 4) is 0 Å². The summed E-state index contributed by atoms with van der Waals surface area (Å²) in [6, 6.07) is 2.98. The van der Waals surface area contributed by atoms with Gasteiger partial charge >= 0.3 is 0 Å². The number of aryl methyl sites for hydroxylation is 1. The second-order valence-electron chi connectivity index (χ2n) is 5.85. The molecule has 1 saturated heterocycles. The third kappa shape index (κ3) is 4.55. The number of nitrogens with zero attached hydrogens (tertiary/aromatic N) is 2. The molecule has 0 aromatic carbocycles. The molecule has 0 aliphatic carbocycles. The number of thiophene rings is 1. The van der Waals surface area contributed by atoms with Gasteiger partial charge in [0.15, 0.2) is 0 Å². The maximum Gasteiger partial charge on any atom is 0.0302 e. The van der Waals surface area contributed by atoms with E-state index in [1.807, 2.05) is 11.3 Å². The first-order valence-corrected chi connectivity index (χ1v) is 8.75. The van der Waals surface area contributed by atoms with Crippen molar-refractivity contribution >= 4 is 11.3 Å². The average Bonchev–Trinajstić information content (AvgIpc) is 2.89. The van der Waals surface area contributed by atoms with E-state index in [1.54, 1.807) is 0 Å². The maximum atomic E-state index is 3.58. The molecular formula is C16H29N3S. The van der Waals surface area contributed by atoms with Crippen molar-refractivity contribution in [1.29, 1.82) is 0 Å². The molecule has 0 bridgehead atoms. The van der Waals surface area contributed by atoms with Crippen LogP contribution in [0.15, 0.2) is 11.4 Å². The average molecular weight is 295 g/mol. The predicted molar refractivity (Wildman–Crippen MR) is 88.5 cm³/mol. The minimum atomic E-state index is 0.781. The number of piperidine rings is 1. The Hall–Kier alpha value is -0.420. The van der Waals surface area contributed by atoms with E-state index >= 15 is 0 Å². The standard InChI is InChI=1S/C16H29N3S/c1-4-19-9-5-15(6-10-19)18(3)11-8-17-13-16-14(2)7-12-20-16/h7,12,15,17H,4-6,8-11,13H2,1-3H3. The number of rotatable bonds is 7. The maximum absolute atomic E-state index is 3.58. The Balaban J connectivity index is 1.61. The molecule has 0 radical (unpaired) electrons. The number of hydrogen-bond acceptors (Lipinski definition) is 4. The third-order valence-electron chi connectivity index (χ3n) is 4.52. The van der Waals surface area contributed by atoms with Gasteiger partial charge in [-0.2, -0.15) is 0 Å². The molecule has 0 amide bonds. The van der Waals surface area contributed by atoms with E-state index < -0.39 is 0 Å². The smallest absolute Gasteiger partial charge is 0.0302 e. The highest BCUT2D eigenvalue weighted by atomic mass is 32.1. The lowest BCUT2D eigenvalue weighted by molar-refractivity contribution is 0.132. The first kappa shape index (κ1) is 16.0. The van der Waals surface area contributed by atoms with Crippen LogP contribution in [-0.4, -0.2) is 55.6 Å². The van der Waals surface area contributed by atoms with E-state index in [1.165, 1.54) is 42.9 Å². The van der Waals surface area contributed by atoms with Gasteiger partial charge in [0.25, 0.3) is 0 Å². The lowest BCUT2D eigenvalue weighted by Crippen LogP contribution is -2.44. The van der Waals surface area contributed by atoms with Crippen molar-refractivity contribution in [2.24, 2.45) is 0 Å². The fourth-order valence-corrected chi connectivity index (χ4v) is 3.78. The van der Waals surface area contributed by atoms with Crippen LogP contribution in [0.1, 0.15) is 30.2 Å². The van der Waals surface area contributed by atoms with Crippen LogP contribution in [0.25, 0.3) is 0 Å². The normalized spacial score (nSPS) is 18.0. The van der Waals surface area contributed by atoms with Crippen LogP contribution in [0.4, 0.5) is 0 Å². The van der Waals surface area contributed by atoms with Gasteiger partial charge in [-0.15, -0.1) is 11.3 Å². The molecule has 4 heteroatoms. The fourth-order valence-electron chi connectivity index (χ4n) is 2.90. The van der Waals surface area contributed by atoms with Gasteiger partial charge in [0, 0.05) is 30.6 Å². The van der Waals surface area contributed by atoms with Crippen molar-refractivity contribution < 1.29 is 0 Å². The monoisotopic (exact) mass is 295 g/mol. The Kier molecular flexibility index (Phi) is 6.49. The van der Waals surface area contributed by atoms with Gasteiger partial charge < -0.3 is 15.1 Å². The Morgan fingerprint density at radius 3 is 2.75 bits per heavy atom. The molecule has 1 fully saturated rings. The van der Waals surface area contributed by atoms with Crippen LogP contribution >= 0.6 is 11.3 Å². The van der Waals surface area contributed by atoms with Crippen molar-refractivity contribution in [2.45, 2.75) is 39.3 Å². The predicted octanol–water partition coefficient (Wildman–Crippen LogP) is 2.56. The van der Waals surface area contributed by atoms with E-state index in [9.17, 15) is 0 Å². The summed E-state index contributed by atoms with van der Waals surface area (Å²) >= 11 is 1.86. The summed E-state index contributed by atoms with van der Waals surface area (Å²) in [5.74, 6) is 0. The highest BCUT2D eigenvalue weighted by molar-refractivity contribution is 7.10. The van der Waals surface area contributed by atoms with Crippen molar-refractivity contribution in [2.75, 3.05) is 39.8 Å². The summed E-state index contributed by atoms with van der Waals surface area (Å²) in [6.45, 7) is 11.5. The molecule has 1 aliphatic heterocycles. The van der Waals surface area contributed by atoms with Crippen LogP contribution < -0.4 is 5.32 Å². The topological polar surface area (TPSA) is 18.5 Å². The minimum absolute atomic E-state index is 0.781. The lowest BCUT2D eigenvalue weighted by Gasteiger charge is -2.36. The summed E-state index contributed by atoms with van der Waals surface area (Å²) < 4.78 is 0. The van der Waals surface area contributed by atoms with Gasteiger partial charge in [-0.1, -0.05) is 6.92 Å². The van der Waals surface area contributed by atoms with Gasteiger partial charge in [0.2, 0.25) is 0 Å². The first-order valence-electron chi connectivity index (χ1n) is 7.87. The SMILES string of the molecule is CCN1CCC(N(C)CCNCc2sccc2C)CC1. The molecule has 1 aromatic heterocycles. The molecule has 3 nitrogen and oxygen atoms in total. The molecular weight excluding hydrogens is 266 g/mol. The molecule has 1 N–H and O–H groups in total. The molecule has 0 unspecified atom stereocenters. The zero-order valence-corrected chi connectivity index (χ0v) is 14.0. The summed E-state index contributed by atoms with van der Waals surface area (Å²) in [4.78, 5) is 6.58. The van der Waals surface area contributed by atoms with E-state index in [0.717, 1.165) is 25.7 Å². The van der Waals surface area contributed by atoms with Gasteiger partial charge in [0.05, 0.1) is 0 Å². The van der Waals surface area contributed by atoms with Crippen LogP contribution in [0.5, 0.6) is 0 Å². The fraction of sp³-hybridized carbons (Fsp3) is 0.750. The van der Waals surface area contributed by atoms with E-state index in [2.05, 4.69) is 47.5 Å². The minimum Gasteiger partial charge on any atom is -0.311 e. The molecule has 0 spiro atoms. The number of likely N-dealkylation sites (N-methyl/N-ethyl adjacent to an activating group) is 1. The summed E-state index contributed by atoms with van der Waals surface area (Å²) in [5, 5.41) is 5.76. The van der Waals surface area contributed by atoms with Gasteiger partial charge in [-0.3, -0.25) is 0 Å². The Morgan fingerprint density at radius 2 is 2.15 bits per heavy atom. The summed E-state index contributed by atoms with van der Waals surface area (Å²) in [7, 11) is 2.28. The molecule has 114 valence electrons. The Labute approximate surface area is 128 Å². The van der Waals surface area contributed by atoms with E-state index in [4.69, 9.17) is 0 Å². The molecule has 2 heterocycles. The van der Waals surface area contributed by atoms with Crippen LogP contribution in [0.2, 0.25) is 0 Å². The van der Waals surface area contributed by atoms with Crippen molar-refractivity contribution in [1.82, 2.24) is 15.1 Å². The highest BCUT2D eigenvalue weighted by Crippen LogP contribution is 2.16. The van der Waals surface area contributed by atoms with Crippen molar-refractivity contribution in [3.63, 3.8) is 0 Å². The molecule has 2 rings (SSSR count). The Bertz CT molecular complexity index is 383. The second kappa shape index (κ2) is 8.13. The number of hydrogen-bond donors (Lipinski definition) is 1.